The molecule has 1 saturated carbocycles. The molecule has 0 radical (unpaired) electrons. The van der Waals surface area contributed by atoms with Gasteiger partial charge in [0.2, 0.25) is 0 Å². The van der Waals surface area contributed by atoms with Crippen LogP contribution in [-0.2, 0) is 9.53 Å². The van der Waals surface area contributed by atoms with E-state index in [1.807, 2.05) is 0 Å². The summed E-state index contributed by atoms with van der Waals surface area (Å²) >= 11 is 0. The third kappa shape index (κ3) is 4.02. The second-order valence-electron chi connectivity index (χ2n) is 4.39. The van der Waals surface area contributed by atoms with Crippen LogP contribution in [0.4, 0.5) is 13.2 Å². The summed E-state index contributed by atoms with van der Waals surface area (Å²) in [4.78, 5) is 10.9. The Morgan fingerprint density at radius 2 is 2.06 bits per heavy atom. The van der Waals surface area contributed by atoms with Crippen LogP contribution in [0.15, 0.2) is 0 Å². The van der Waals surface area contributed by atoms with Gasteiger partial charge in [-0.25, -0.2) is 0 Å². The molecular weight excluding hydrogens is 221 g/mol. The van der Waals surface area contributed by atoms with Crippen molar-refractivity contribution in [2.24, 2.45) is 11.8 Å². The first-order valence-electron chi connectivity index (χ1n) is 5.57. The summed E-state index contributed by atoms with van der Waals surface area (Å²) in [5.41, 5.74) is 0. The van der Waals surface area contributed by atoms with Crippen LogP contribution in [0.25, 0.3) is 0 Å². The van der Waals surface area contributed by atoms with Crippen LogP contribution in [0.3, 0.4) is 0 Å². The van der Waals surface area contributed by atoms with Crippen molar-refractivity contribution >= 4 is 5.97 Å². The van der Waals surface area contributed by atoms with Crippen LogP contribution in [0.5, 0.6) is 0 Å². The van der Waals surface area contributed by atoms with Gasteiger partial charge in [-0.3, -0.25) is 4.79 Å². The molecule has 0 bridgehead atoms. The Kier molecular flexibility index (Phi) is 4.62. The van der Waals surface area contributed by atoms with Crippen LogP contribution >= 0.6 is 0 Å². The predicted octanol–water partition coefficient (Wildman–Crippen LogP) is 3.31. The number of alkyl halides is 3. The maximum Gasteiger partial charge on any atom is 0.391 e. The molecule has 0 saturated heterocycles. The van der Waals surface area contributed by atoms with E-state index in [0.29, 0.717) is 12.8 Å². The predicted molar refractivity (Wildman–Crippen MR) is 52.8 cm³/mol. The Labute approximate surface area is 93.2 Å². The lowest BCUT2D eigenvalue weighted by Gasteiger charge is -2.30. The molecule has 0 heterocycles. The highest BCUT2D eigenvalue weighted by Gasteiger charge is 2.41. The fourth-order valence-corrected chi connectivity index (χ4v) is 2.27. The maximum absolute atomic E-state index is 12.5. The van der Waals surface area contributed by atoms with Gasteiger partial charge in [-0.2, -0.15) is 13.2 Å². The van der Waals surface area contributed by atoms with Crippen LogP contribution in [-0.4, -0.2) is 19.3 Å². The van der Waals surface area contributed by atoms with Crippen molar-refractivity contribution in [3.63, 3.8) is 0 Å². The normalized spacial score (nSPS) is 26.5. The number of carbonyl (C=O) groups excluding carboxylic acids is 1. The van der Waals surface area contributed by atoms with Gasteiger partial charge in [-0.15, -0.1) is 0 Å². The summed E-state index contributed by atoms with van der Waals surface area (Å²) in [7, 11) is 1.29. The molecule has 2 atom stereocenters. The number of hydrogen-bond acceptors (Lipinski definition) is 2. The molecule has 94 valence electrons. The first kappa shape index (κ1) is 13.3. The summed E-state index contributed by atoms with van der Waals surface area (Å²) < 4.78 is 41.9. The van der Waals surface area contributed by atoms with Gasteiger partial charge in [0.15, 0.2) is 0 Å². The second-order valence-corrected chi connectivity index (χ2v) is 4.39. The lowest BCUT2D eigenvalue weighted by molar-refractivity contribution is -0.186. The Hall–Kier alpha value is -0.740. The first-order chi connectivity index (χ1) is 7.43. The van der Waals surface area contributed by atoms with E-state index in [1.54, 1.807) is 0 Å². The number of hydrogen-bond donors (Lipinski definition) is 0. The van der Waals surface area contributed by atoms with E-state index in [0.717, 1.165) is 6.42 Å². The van der Waals surface area contributed by atoms with Gasteiger partial charge in [0.1, 0.15) is 0 Å². The van der Waals surface area contributed by atoms with Gasteiger partial charge in [0.05, 0.1) is 13.0 Å². The molecular formula is C11H17F3O2. The van der Waals surface area contributed by atoms with E-state index in [1.165, 1.54) is 7.11 Å². The number of carbonyl (C=O) groups is 1. The van der Waals surface area contributed by atoms with Crippen LogP contribution in [0.1, 0.15) is 38.5 Å². The molecule has 0 aromatic rings. The topological polar surface area (TPSA) is 26.3 Å². The Balaban J connectivity index is 2.36. The smallest absolute Gasteiger partial charge is 0.391 e. The maximum atomic E-state index is 12.5. The first-order valence-corrected chi connectivity index (χ1v) is 5.57. The van der Waals surface area contributed by atoms with E-state index < -0.39 is 12.1 Å². The molecule has 2 nitrogen and oxygen atoms in total. The zero-order valence-corrected chi connectivity index (χ0v) is 9.35. The molecule has 0 aliphatic heterocycles. The van der Waals surface area contributed by atoms with Crippen LogP contribution < -0.4 is 0 Å². The molecule has 0 N–H and O–H groups in total. The molecule has 1 aliphatic carbocycles. The van der Waals surface area contributed by atoms with Crippen LogP contribution in [0.2, 0.25) is 0 Å². The Bertz CT molecular complexity index is 238. The number of ether oxygens (including phenoxy) is 1. The number of halogens is 3. The van der Waals surface area contributed by atoms with E-state index in [9.17, 15) is 18.0 Å². The average Bonchev–Trinajstić information content (AvgIpc) is 2.25. The van der Waals surface area contributed by atoms with Crippen molar-refractivity contribution in [1.29, 1.82) is 0 Å². The number of rotatable bonds is 3. The van der Waals surface area contributed by atoms with Crippen molar-refractivity contribution in [3.8, 4) is 0 Å². The third-order valence-electron chi connectivity index (χ3n) is 3.23. The van der Waals surface area contributed by atoms with E-state index in [4.69, 9.17) is 0 Å². The summed E-state index contributed by atoms with van der Waals surface area (Å²) in [6.45, 7) is 0. The standard InChI is InChI=1S/C11H17F3O2/c1-16-10(15)6-5-8-3-2-4-9(7-8)11(12,13)14/h8-9H,2-7H2,1H3. The third-order valence-corrected chi connectivity index (χ3v) is 3.23. The SMILES string of the molecule is COC(=O)CCC1CCCC(C(F)(F)F)C1. The highest BCUT2D eigenvalue weighted by atomic mass is 19.4. The average molecular weight is 238 g/mol. The minimum Gasteiger partial charge on any atom is -0.469 e. The molecule has 1 aliphatic rings. The second kappa shape index (κ2) is 5.55. The fraction of sp³-hybridized carbons (Fsp3) is 0.909. The van der Waals surface area contributed by atoms with Crippen molar-refractivity contribution in [3.05, 3.63) is 0 Å². The molecule has 16 heavy (non-hydrogen) atoms. The van der Waals surface area contributed by atoms with Crippen molar-refractivity contribution in [2.45, 2.75) is 44.7 Å². The zero-order valence-electron chi connectivity index (χ0n) is 9.35. The molecule has 0 aromatic carbocycles. The van der Waals surface area contributed by atoms with Gasteiger partial charge in [0.25, 0.3) is 0 Å². The van der Waals surface area contributed by atoms with Crippen molar-refractivity contribution in [1.82, 2.24) is 0 Å². The Morgan fingerprint density at radius 3 is 2.62 bits per heavy atom. The van der Waals surface area contributed by atoms with E-state index >= 15 is 0 Å². The van der Waals surface area contributed by atoms with Gasteiger partial charge < -0.3 is 4.74 Å². The lowest BCUT2D eigenvalue weighted by Crippen LogP contribution is -2.29. The van der Waals surface area contributed by atoms with Crippen LogP contribution in [0, 0.1) is 11.8 Å². The fourth-order valence-electron chi connectivity index (χ4n) is 2.27. The largest absolute Gasteiger partial charge is 0.469 e. The van der Waals surface area contributed by atoms with E-state index in [-0.39, 0.29) is 31.1 Å². The minimum atomic E-state index is -4.08. The minimum absolute atomic E-state index is 0.0134. The molecule has 0 spiro atoms. The molecule has 1 rings (SSSR count). The lowest BCUT2D eigenvalue weighted by atomic mass is 9.79. The quantitative estimate of drug-likeness (QED) is 0.705. The molecule has 5 heteroatoms. The van der Waals surface area contributed by atoms with Crippen molar-refractivity contribution in [2.75, 3.05) is 7.11 Å². The van der Waals surface area contributed by atoms with Gasteiger partial charge in [-0.1, -0.05) is 12.8 Å². The number of methoxy groups -OCH3 is 1. The van der Waals surface area contributed by atoms with Gasteiger partial charge in [-0.05, 0) is 25.2 Å². The monoisotopic (exact) mass is 238 g/mol. The highest BCUT2D eigenvalue weighted by molar-refractivity contribution is 5.69. The molecule has 1 fully saturated rings. The van der Waals surface area contributed by atoms with Crippen molar-refractivity contribution < 1.29 is 22.7 Å². The summed E-state index contributed by atoms with van der Waals surface area (Å²) in [5.74, 6) is -1.50. The Morgan fingerprint density at radius 1 is 1.38 bits per heavy atom. The highest BCUT2D eigenvalue weighted by Crippen LogP contribution is 2.41. The number of esters is 1. The zero-order chi connectivity index (χ0) is 12.2. The van der Waals surface area contributed by atoms with Gasteiger partial charge in [0, 0.05) is 6.42 Å². The molecule has 0 amide bonds. The summed E-state index contributed by atoms with van der Waals surface area (Å²) in [6.07, 6.45) is -1.53. The van der Waals surface area contributed by atoms with Gasteiger partial charge >= 0.3 is 12.1 Å². The summed E-state index contributed by atoms with van der Waals surface area (Å²) in [5, 5.41) is 0. The molecule has 2 unspecified atom stereocenters. The van der Waals surface area contributed by atoms with E-state index in [2.05, 4.69) is 4.74 Å². The summed E-state index contributed by atoms with van der Waals surface area (Å²) in [6, 6.07) is 0. The molecule has 0 aromatic heterocycles.